The van der Waals surface area contributed by atoms with Gasteiger partial charge in [0.25, 0.3) is 5.91 Å². The van der Waals surface area contributed by atoms with E-state index in [0.717, 1.165) is 12.1 Å². The molecule has 0 radical (unpaired) electrons. The predicted molar refractivity (Wildman–Crippen MR) is 108 cm³/mol. The molecule has 1 aliphatic heterocycles. The van der Waals surface area contributed by atoms with Crippen LogP contribution in [0.5, 0.6) is 0 Å². The third kappa shape index (κ3) is 3.36. The van der Waals surface area contributed by atoms with Crippen LogP contribution in [0.2, 0.25) is 0 Å². The SMILES string of the molecule is CC(=O)c1cccc(NC(=O)c2ccnc(N3c4ccccc4CC3C)n2)c1. The van der Waals surface area contributed by atoms with Crippen molar-refractivity contribution in [1.29, 1.82) is 0 Å². The highest BCUT2D eigenvalue weighted by Gasteiger charge is 2.29. The molecule has 1 unspecified atom stereocenters. The molecule has 1 N–H and O–H groups in total. The van der Waals surface area contributed by atoms with Crippen molar-refractivity contribution in [3.8, 4) is 0 Å². The maximum absolute atomic E-state index is 12.7. The van der Waals surface area contributed by atoms with Crippen LogP contribution >= 0.6 is 0 Å². The molecule has 2 aromatic carbocycles. The Bertz CT molecular complexity index is 1060. The third-order valence-corrected chi connectivity index (χ3v) is 4.83. The average Bonchev–Trinajstić information content (AvgIpc) is 3.04. The fourth-order valence-corrected chi connectivity index (χ4v) is 3.47. The Morgan fingerprint density at radius 1 is 1.11 bits per heavy atom. The lowest BCUT2D eigenvalue weighted by molar-refractivity contribution is 0.100. The van der Waals surface area contributed by atoms with E-state index < -0.39 is 0 Å². The molecule has 4 rings (SSSR count). The molecular weight excluding hydrogens is 352 g/mol. The van der Waals surface area contributed by atoms with Gasteiger partial charge in [0.15, 0.2) is 5.78 Å². The number of amides is 1. The molecule has 0 fully saturated rings. The number of Topliss-reactive ketones (excluding diaryl/α,β-unsaturated/α-hetero) is 1. The van der Waals surface area contributed by atoms with Gasteiger partial charge in [0, 0.05) is 29.2 Å². The second-order valence-corrected chi connectivity index (χ2v) is 6.88. The summed E-state index contributed by atoms with van der Waals surface area (Å²) in [6.07, 6.45) is 2.50. The van der Waals surface area contributed by atoms with Crippen molar-refractivity contribution in [2.75, 3.05) is 10.2 Å². The first-order chi connectivity index (χ1) is 13.5. The Hall–Kier alpha value is -3.54. The number of hydrogen-bond acceptors (Lipinski definition) is 5. The predicted octanol–water partition coefficient (Wildman–Crippen LogP) is 4.01. The number of para-hydroxylation sites is 1. The van der Waals surface area contributed by atoms with E-state index >= 15 is 0 Å². The fourth-order valence-electron chi connectivity index (χ4n) is 3.47. The maximum atomic E-state index is 12.7. The van der Waals surface area contributed by atoms with Crippen LogP contribution in [0.25, 0.3) is 0 Å². The van der Waals surface area contributed by atoms with Crippen molar-refractivity contribution in [3.63, 3.8) is 0 Å². The summed E-state index contributed by atoms with van der Waals surface area (Å²) >= 11 is 0. The van der Waals surface area contributed by atoms with Crippen LogP contribution in [0.1, 0.15) is 40.3 Å². The van der Waals surface area contributed by atoms with E-state index in [-0.39, 0.29) is 23.4 Å². The normalized spacial score (nSPS) is 15.2. The highest BCUT2D eigenvalue weighted by atomic mass is 16.2. The first-order valence-electron chi connectivity index (χ1n) is 9.15. The van der Waals surface area contributed by atoms with Gasteiger partial charge >= 0.3 is 0 Å². The highest BCUT2D eigenvalue weighted by molar-refractivity contribution is 6.04. The Balaban J connectivity index is 1.60. The number of carbonyl (C=O) groups is 2. The summed E-state index contributed by atoms with van der Waals surface area (Å²) < 4.78 is 0. The molecule has 0 saturated carbocycles. The minimum atomic E-state index is -0.343. The lowest BCUT2D eigenvalue weighted by Crippen LogP contribution is -2.26. The van der Waals surface area contributed by atoms with Crippen LogP contribution in [0.4, 0.5) is 17.3 Å². The molecule has 6 nitrogen and oxygen atoms in total. The van der Waals surface area contributed by atoms with Crippen LogP contribution < -0.4 is 10.2 Å². The molecule has 6 heteroatoms. The zero-order chi connectivity index (χ0) is 19.7. The first-order valence-corrected chi connectivity index (χ1v) is 9.15. The number of fused-ring (bicyclic) bond motifs is 1. The van der Waals surface area contributed by atoms with E-state index in [0.29, 0.717) is 17.2 Å². The quantitative estimate of drug-likeness (QED) is 0.700. The largest absolute Gasteiger partial charge is 0.321 e. The molecule has 1 amide bonds. The summed E-state index contributed by atoms with van der Waals surface area (Å²) in [5, 5.41) is 2.80. The van der Waals surface area contributed by atoms with Crippen LogP contribution in [0.3, 0.4) is 0 Å². The second-order valence-electron chi connectivity index (χ2n) is 6.88. The number of benzene rings is 2. The Morgan fingerprint density at radius 3 is 2.75 bits per heavy atom. The molecule has 0 aliphatic carbocycles. The molecule has 28 heavy (non-hydrogen) atoms. The lowest BCUT2D eigenvalue weighted by atomic mass is 10.1. The van der Waals surface area contributed by atoms with Gasteiger partial charge in [-0.25, -0.2) is 9.97 Å². The number of hydrogen-bond donors (Lipinski definition) is 1. The van der Waals surface area contributed by atoms with Crippen LogP contribution in [0.15, 0.2) is 60.8 Å². The number of ketones is 1. The summed E-state index contributed by atoms with van der Waals surface area (Å²) in [5.41, 5.74) is 3.69. The van der Waals surface area contributed by atoms with Gasteiger partial charge in [0.05, 0.1) is 0 Å². The van der Waals surface area contributed by atoms with E-state index in [1.807, 2.05) is 18.2 Å². The molecule has 2 heterocycles. The molecule has 1 aromatic heterocycles. The highest BCUT2D eigenvalue weighted by Crippen LogP contribution is 2.36. The molecule has 0 bridgehead atoms. The van der Waals surface area contributed by atoms with E-state index in [4.69, 9.17) is 0 Å². The summed E-state index contributed by atoms with van der Waals surface area (Å²) in [4.78, 5) is 35.2. The van der Waals surface area contributed by atoms with Gasteiger partial charge in [-0.2, -0.15) is 0 Å². The number of nitrogens with zero attached hydrogens (tertiary/aromatic N) is 3. The number of nitrogens with one attached hydrogen (secondary N) is 1. The number of rotatable bonds is 4. The number of aromatic nitrogens is 2. The minimum absolute atomic E-state index is 0.0536. The molecular formula is C22H20N4O2. The Morgan fingerprint density at radius 2 is 1.93 bits per heavy atom. The maximum Gasteiger partial charge on any atom is 0.274 e. The van der Waals surface area contributed by atoms with Crippen LogP contribution in [-0.2, 0) is 6.42 Å². The third-order valence-electron chi connectivity index (χ3n) is 4.83. The first kappa shape index (κ1) is 17.9. The van der Waals surface area contributed by atoms with Crippen molar-refractivity contribution in [1.82, 2.24) is 9.97 Å². The smallest absolute Gasteiger partial charge is 0.274 e. The zero-order valence-corrected chi connectivity index (χ0v) is 15.7. The molecule has 0 spiro atoms. The summed E-state index contributed by atoms with van der Waals surface area (Å²) in [7, 11) is 0. The zero-order valence-electron chi connectivity index (χ0n) is 15.7. The van der Waals surface area contributed by atoms with Gasteiger partial charge in [-0.3, -0.25) is 9.59 Å². The van der Waals surface area contributed by atoms with Crippen LogP contribution in [-0.4, -0.2) is 27.7 Å². The van der Waals surface area contributed by atoms with Crippen molar-refractivity contribution < 1.29 is 9.59 Å². The standard InChI is InChI=1S/C22H20N4O2/c1-14-12-17-6-3-4-9-20(17)26(14)22-23-11-10-19(25-22)21(28)24-18-8-5-7-16(13-18)15(2)27/h3-11,13-14H,12H2,1-2H3,(H,24,28). The van der Waals surface area contributed by atoms with E-state index in [1.54, 1.807) is 36.5 Å². The van der Waals surface area contributed by atoms with Gasteiger partial charge in [0.1, 0.15) is 5.69 Å². The minimum Gasteiger partial charge on any atom is -0.321 e. The second kappa shape index (κ2) is 7.23. The average molecular weight is 372 g/mol. The molecule has 1 aliphatic rings. The van der Waals surface area contributed by atoms with Crippen molar-refractivity contribution >= 4 is 29.0 Å². The van der Waals surface area contributed by atoms with Crippen molar-refractivity contribution in [2.45, 2.75) is 26.3 Å². The van der Waals surface area contributed by atoms with Gasteiger partial charge in [-0.1, -0.05) is 30.3 Å². The van der Waals surface area contributed by atoms with E-state index in [9.17, 15) is 9.59 Å². The fraction of sp³-hybridized carbons (Fsp3) is 0.182. The number of anilines is 3. The molecule has 3 aromatic rings. The molecule has 0 saturated heterocycles. The summed E-state index contributed by atoms with van der Waals surface area (Å²) in [6.45, 7) is 3.61. The Kier molecular flexibility index (Phi) is 4.61. The molecule has 1 atom stereocenters. The van der Waals surface area contributed by atoms with Gasteiger partial charge in [-0.15, -0.1) is 0 Å². The van der Waals surface area contributed by atoms with Crippen LogP contribution in [0, 0.1) is 0 Å². The monoisotopic (exact) mass is 372 g/mol. The topological polar surface area (TPSA) is 75.2 Å². The lowest BCUT2D eigenvalue weighted by Gasteiger charge is -2.22. The number of carbonyl (C=O) groups excluding carboxylic acids is 2. The summed E-state index contributed by atoms with van der Waals surface area (Å²) in [5.74, 6) is 0.106. The van der Waals surface area contributed by atoms with Gasteiger partial charge in [0.2, 0.25) is 5.95 Å². The Labute approximate surface area is 163 Å². The molecule has 140 valence electrons. The van der Waals surface area contributed by atoms with E-state index in [1.165, 1.54) is 12.5 Å². The van der Waals surface area contributed by atoms with Crippen molar-refractivity contribution in [3.05, 3.63) is 77.6 Å². The van der Waals surface area contributed by atoms with E-state index in [2.05, 4.69) is 33.2 Å². The van der Waals surface area contributed by atoms with Gasteiger partial charge < -0.3 is 10.2 Å². The van der Waals surface area contributed by atoms with Gasteiger partial charge in [-0.05, 0) is 50.1 Å². The van der Waals surface area contributed by atoms with Crippen molar-refractivity contribution in [2.24, 2.45) is 0 Å². The summed E-state index contributed by atoms with van der Waals surface area (Å²) in [6, 6.07) is 16.8.